The molecule has 3 heterocycles. The number of amidine groups is 1. The summed E-state index contributed by atoms with van der Waals surface area (Å²) in [5.74, 6) is -0.0111. The van der Waals surface area contributed by atoms with Gasteiger partial charge in [-0.25, -0.2) is 0 Å². The fraction of sp³-hybridized carbons (Fsp3) is 0.231. The maximum Gasteiger partial charge on any atom is 0.256 e. The van der Waals surface area contributed by atoms with E-state index in [0.29, 0.717) is 12.1 Å². The Kier molecular flexibility index (Phi) is 5.17. The zero-order chi connectivity index (χ0) is 22.4. The molecule has 166 valence electrons. The number of hydrogen-bond donors (Lipinski definition) is 1. The van der Waals surface area contributed by atoms with Crippen LogP contribution in [0.3, 0.4) is 0 Å². The first kappa shape index (κ1) is 20.5. The normalized spacial score (nSPS) is 19.4. The minimum atomic E-state index is -0.494. The Labute approximate surface area is 197 Å². The van der Waals surface area contributed by atoms with Crippen LogP contribution < -0.4 is 10.4 Å². The topological polar surface area (TPSA) is 57.2 Å². The number of carbonyl (C=O) groups is 1. The second-order valence-corrected chi connectivity index (χ2v) is 9.47. The lowest BCUT2D eigenvalue weighted by atomic mass is 10.1. The van der Waals surface area contributed by atoms with Crippen LogP contribution >= 0.6 is 11.8 Å². The maximum atomic E-state index is 13.3. The molecule has 6 nitrogen and oxygen atoms in total. The lowest BCUT2D eigenvalue weighted by Crippen LogP contribution is -2.33. The largest absolute Gasteiger partial charge is 0.318 e. The first-order valence-corrected chi connectivity index (χ1v) is 12.0. The van der Waals surface area contributed by atoms with Crippen molar-refractivity contribution in [2.45, 2.75) is 30.6 Å². The van der Waals surface area contributed by atoms with E-state index in [1.165, 1.54) is 10.6 Å². The first-order valence-electron chi connectivity index (χ1n) is 11.2. The number of anilines is 1. The van der Waals surface area contributed by atoms with Gasteiger partial charge in [0.1, 0.15) is 0 Å². The van der Waals surface area contributed by atoms with Crippen molar-refractivity contribution >= 4 is 28.5 Å². The number of fused-ring (bicyclic) bond motifs is 4. The van der Waals surface area contributed by atoms with Gasteiger partial charge in [0.25, 0.3) is 5.91 Å². The molecule has 3 aromatic rings. The predicted molar refractivity (Wildman–Crippen MR) is 130 cm³/mol. The van der Waals surface area contributed by atoms with Crippen molar-refractivity contribution in [1.29, 1.82) is 0 Å². The molecule has 0 aromatic heterocycles. The van der Waals surface area contributed by atoms with Gasteiger partial charge in [0.2, 0.25) is 0 Å². The summed E-state index contributed by atoms with van der Waals surface area (Å²) in [5, 5.41) is 1.08. The molecule has 7 heteroatoms. The number of nitrogens with zero attached hydrogens (tertiary/aromatic N) is 3. The van der Waals surface area contributed by atoms with Gasteiger partial charge in [-0.15, -0.1) is 0 Å². The number of hydroxylamine groups is 1. The van der Waals surface area contributed by atoms with Crippen LogP contribution in [0.25, 0.3) is 0 Å². The molecule has 2 atom stereocenters. The summed E-state index contributed by atoms with van der Waals surface area (Å²) in [7, 11) is 0. The summed E-state index contributed by atoms with van der Waals surface area (Å²) in [6.45, 7) is 4.28. The molecule has 3 aliphatic heterocycles. The molecule has 0 saturated heterocycles. The molecule has 33 heavy (non-hydrogen) atoms. The summed E-state index contributed by atoms with van der Waals surface area (Å²) in [4.78, 5) is 29.4. The Balaban J connectivity index is 1.25. The van der Waals surface area contributed by atoms with Crippen LogP contribution in [0.5, 0.6) is 0 Å². The number of amides is 1. The molecule has 2 unspecified atom stereocenters. The van der Waals surface area contributed by atoms with Crippen molar-refractivity contribution in [3.63, 3.8) is 0 Å². The zero-order valence-electron chi connectivity index (χ0n) is 18.3. The van der Waals surface area contributed by atoms with Gasteiger partial charge in [-0.05, 0) is 48.0 Å². The van der Waals surface area contributed by atoms with Crippen molar-refractivity contribution in [3.8, 4) is 0 Å². The Hall–Kier alpha value is -3.13. The lowest BCUT2D eigenvalue weighted by molar-refractivity contribution is -0.107. The van der Waals surface area contributed by atoms with Crippen molar-refractivity contribution < 1.29 is 9.63 Å². The van der Waals surface area contributed by atoms with E-state index in [9.17, 15) is 4.79 Å². The van der Waals surface area contributed by atoms with Crippen molar-refractivity contribution in [1.82, 2.24) is 10.4 Å². The molecular formula is C26H24N4O2S. The average molecular weight is 457 g/mol. The minimum absolute atomic E-state index is 0.0111. The lowest BCUT2D eigenvalue weighted by Gasteiger charge is -2.27. The molecule has 0 fully saturated rings. The third kappa shape index (κ3) is 3.62. The maximum absolute atomic E-state index is 13.3. The van der Waals surface area contributed by atoms with E-state index < -0.39 is 6.23 Å². The molecule has 0 bridgehead atoms. The molecule has 1 N–H and O–H groups in total. The van der Waals surface area contributed by atoms with Crippen molar-refractivity contribution in [2.75, 3.05) is 18.0 Å². The van der Waals surface area contributed by atoms with E-state index in [2.05, 4.69) is 52.6 Å². The molecule has 0 saturated carbocycles. The average Bonchev–Trinajstić information content (AvgIpc) is 3.52. The smallest absolute Gasteiger partial charge is 0.256 e. The summed E-state index contributed by atoms with van der Waals surface area (Å²) in [6.07, 6.45) is -0.494. The van der Waals surface area contributed by atoms with Gasteiger partial charge < -0.3 is 9.80 Å². The van der Waals surface area contributed by atoms with Crippen molar-refractivity contribution in [3.05, 3.63) is 95.1 Å². The van der Waals surface area contributed by atoms with E-state index >= 15 is 0 Å². The van der Waals surface area contributed by atoms with E-state index in [1.54, 1.807) is 16.7 Å². The Morgan fingerprint density at radius 1 is 1.12 bits per heavy atom. The summed E-state index contributed by atoms with van der Waals surface area (Å²) in [5.41, 5.74) is 8.14. The highest BCUT2D eigenvalue weighted by molar-refractivity contribution is 8.14. The van der Waals surface area contributed by atoms with Gasteiger partial charge in [0, 0.05) is 29.1 Å². The minimum Gasteiger partial charge on any atom is -0.318 e. The summed E-state index contributed by atoms with van der Waals surface area (Å²) >= 11 is 1.72. The van der Waals surface area contributed by atoms with E-state index in [1.807, 2.05) is 42.5 Å². The Bertz CT molecular complexity index is 1250. The molecule has 0 aliphatic carbocycles. The number of nitrogens with one attached hydrogen (secondary N) is 1. The van der Waals surface area contributed by atoms with Gasteiger partial charge in [-0.2, -0.15) is 5.48 Å². The number of hydrogen-bond acceptors (Lipinski definition) is 6. The molecular weight excluding hydrogens is 432 g/mol. The molecule has 1 amide bonds. The summed E-state index contributed by atoms with van der Waals surface area (Å²) < 4.78 is 0. The molecule has 6 rings (SSSR count). The van der Waals surface area contributed by atoms with Crippen LogP contribution in [0.15, 0.2) is 82.7 Å². The van der Waals surface area contributed by atoms with E-state index in [-0.39, 0.29) is 11.9 Å². The number of aliphatic imine (C=N–C) groups is 1. The molecule has 3 aromatic carbocycles. The number of thioether (sulfide) groups is 1. The second-order valence-electron chi connectivity index (χ2n) is 8.46. The molecule has 0 radical (unpaired) electrons. The van der Waals surface area contributed by atoms with Crippen LogP contribution in [0.4, 0.5) is 5.69 Å². The van der Waals surface area contributed by atoms with Crippen LogP contribution in [-0.4, -0.2) is 29.1 Å². The summed E-state index contributed by atoms with van der Waals surface area (Å²) in [6, 6.07) is 24.2. The second kappa shape index (κ2) is 8.33. The fourth-order valence-electron chi connectivity index (χ4n) is 4.59. The van der Waals surface area contributed by atoms with E-state index in [4.69, 9.17) is 4.84 Å². The monoisotopic (exact) mass is 456 g/mol. The standard InChI is InChI=1S/C26H24N4O2S/c1-17(19-7-3-2-4-8-19)28-32-25-21-10-6-5-9-20(21)24(31)30(25)16-18-11-12-23-22(15-18)29-14-13-27-26(29)33-23/h2-12,15,17,25,28H,13-14,16H2,1H3. The number of rotatable bonds is 6. The van der Waals surface area contributed by atoms with Gasteiger partial charge in [-0.3, -0.25) is 14.6 Å². The Morgan fingerprint density at radius 2 is 1.94 bits per heavy atom. The van der Waals surface area contributed by atoms with Crippen LogP contribution in [0.1, 0.15) is 46.2 Å². The highest BCUT2D eigenvalue weighted by atomic mass is 32.2. The third-order valence-corrected chi connectivity index (χ3v) is 7.42. The van der Waals surface area contributed by atoms with Crippen LogP contribution in [0, 0.1) is 0 Å². The van der Waals surface area contributed by atoms with Crippen LogP contribution in [0.2, 0.25) is 0 Å². The number of carbonyl (C=O) groups excluding carboxylic acids is 1. The molecule has 0 spiro atoms. The van der Waals surface area contributed by atoms with E-state index in [0.717, 1.165) is 34.9 Å². The van der Waals surface area contributed by atoms with Gasteiger partial charge in [0.15, 0.2) is 11.4 Å². The van der Waals surface area contributed by atoms with Gasteiger partial charge in [0.05, 0.1) is 18.3 Å². The Morgan fingerprint density at radius 3 is 2.82 bits per heavy atom. The predicted octanol–water partition coefficient (Wildman–Crippen LogP) is 4.91. The van der Waals surface area contributed by atoms with Gasteiger partial charge >= 0.3 is 0 Å². The molecule has 3 aliphatic rings. The zero-order valence-corrected chi connectivity index (χ0v) is 19.1. The third-order valence-electron chi connectivity index (χ3n) is 6.33. The van der Waals surface area contributed by atoms with Gasteiger partial charge in [-0.1, -0.05) is 54.6 Å². The number of benzene rings is 3. The highest BCUT2D eigenvalue weighted by Gasteiger charge is 2.38. The quantitative estimate of drug-likeness (QED) is 0.535. The first-order chi connectivity index (χ1) is 16.2. The van der Waals surface area contributed by atoms with Crippen LogP contribution in [-0.2, 0) is 11.4 Å². The SMILES string of the molecule is CC(NOC1c2ccccc2C(=O)N1Cc1ccc2c(c1)N1CCN=C1S2)c1ccccc1. The fourth-order valence-corrected chi connectivity index (χ4v) is 5.65. The van der Waals surface area contributed by atoms with Crippen molar-refractivity contribution in [2.24, 2.45) is 4.99 Å². The highest BCUT2D eigenvalue weighted by Crippen LogP contribution is 2.43.